The van der Waals surface area contributed by atoms with Gasteiger partial charge in [-0.3, -0.25) is 4.79 Å². The summed E-state index contributed by atoms with van der Waals surface area (Å²) in [6.45, 7) is 4.44. The van der Waals surface area contributed by atoms with Gasteiger partial charge in [-0.25, -0.2) is 4.39 Å². The van der Waals surface area contributed by atoms with Crippen LogP contribution in [0.2, 0.25) is 0 Å². The first-order chi connectivity index (χ1) is 11.0. The van der Waals surface area contributed by atoms with Crippen molar-refractivity contribution in [3.05, 3.63) is 35.6 Å². The van der Waals surface area contributed by atoms with Crippen LogP contribution in [0.15, 0.2) is 24.3 Å². The van der Waals surface area contributed by atoms with Crippen LogP contribution in [0.25, 0.3) is 0 Å². The fourth-order valence-electron chi connectivity index (χ4n) is 4.19. The zero-order chi connectivity index (χ0) is 16.4. The van der Waals surface area contributed by atoms with E-state index in [1.54, 1.807) is 19.2 Å². The first kappa shape index (κ1) is 16.4. The average Bonchev–Trinajstić information content (AvgIpc) is 3.07. The fraction of sp³-hybridized carbons (Fsp3) is 0.611. The molecule has 1 aromatic carbocycles. The van der Waals surface area contributed by atoms with E-state index in [9.17, 15) is 9.18 Å². The third kappa shape index (κ3) is 3.40. The Labute approximate surface area is 137 Å². The minimum absolute atomic E-state index is 0.138. The second-order valence-electron chi connectivity index (χ2n) is 7.08. The van der Waals surface area contributed by atoms with Gasteiger partial charge in [-0.05, 0) is 31.2 Å². The van der Waals surface area contributed by atoms with Crippen molar-refractivity contribution in [2.75, 3.05) is 46.9 Å². The predicted molar refractivity (Wildman–Crippen MR) is 86.6 cm³/mol. The van der Waals surface area contributed by atoms with E-state index in [2.05, 4.69) is 11.9 Å². The monoisotopic (exact) mass is 320 g/mol. The number of nitrogens with zero attached hydrogens (tertiary/aromatic N) is 2. The van der Waals surface area contributed by atoms with Crippen molar-refractivity contribution < 1.29 is 13.9 Å². The molecule has 0 saturated carbocycles. The average molecular weight is 320 g/mol. The molecule has 3 rings (SSSR count). The molecule has 4 nitrogen and oxygen atoms in total. The Kier molecular flexibility index (Phi) is 4.69. The number of ether oxygens (including phenoxy) is 1. The minimum Gasteiger partial charge on any atom is -0.384 e. The molecule has 2 saturated heterocycles. The van der Waals surface area contributed by atoms with E-state index < -0.39 is 0 Å². The van der Waals surface area contributed by atoms with Crippen LogP contribution in [-0.2, 0) is 16.0 Å². The molecule has 2 fully saturated rings. The molecule has 0 radical (unpaired) electrons. The number of halogens is 1. The molecule has 0 bridgehead atoms. The molecule has 5 heteroatoms. The molecule has 23 heavy (non-hydrogen) atoms. The summed E-state index contributed by atoms with van der Waals surface area (Å²) in [5, 5.41) is 0. The van der Waals surface area contributed by atoms with Gasteiger partial charge < -0.3 is 14.5 Å². The number of amides is 1. The molecule has 1 aromatic rings. The molecule has 1 amide bonds. The van der Waals surface area contributed by atoms with Crippen LogP contribution in [0.1, 0.15) is 12.0 Å². The Bertz CT molecular complexity index is 563. The summed E-state index contributed by atoms with van der Waals surface area (Å²) in [5.41, 5.74) is 1.04. The summed E-state index contributed by atoms with van der Waals surface area (Å²) in [6.07, 6.45) is 1.39. The lowest BCUT2D eigenvalue weighted by atomic mass is 9.77. The van der Waals surface area contributed by atoms with Gasteiger partial charge in [0, 0.05) is 44.6 Å². The van der Waals surface area contributed by atoms with Gasteiger partial charge in [-0.2, -0.15) is 0 Å². The number of likely N-dealkylation sites (tertiary alicyclic amines) is 2. The quantitative estimate of drug-likeness (QED) is 0.848. The number of carbonyl (C=O) groups excluding carboxylic acids is 1. The second kappa shape index (κ2) is 6.57. The van der Waals surface area contributed by atoms with Crippen molar-refractivity contribution in [3.8, 4) is 0 Å². The fourth-order valence-corrected chi connectivity index (χ4v) is 4.19. The maximum atomic E-state index is 13.0. The normalized spacial score (nSPS) is 28.0. The van der Waals surface area contributed by atoms with Crippen molar-refractivity contribution in [1.82, 2.24) is 9.80 Å². The third-order valence-electron chi connectivity index (χ3n) is 5.36. The largest absolute Gasteiger partial charge is 0.384 e. The molecule has 1 spiro atoms. The highest BCUT2D eigenvalue weighted by atomic mass is 19.1. The molecule has 0 unspecified atom stereocenters. The van der Waals surface area contributed by atoms with Crippen molar-refractivity contribution in [2.45, 2.75) is 12.8 Å². The van der Waals surface area contributed by atoms with Crippen LogP contribution >= 0.6 is 0 Å². The van der Waals surface area contributed by atoms with Crippen LogP contribution in [0.5, 0.6) is 0 Å². The van der Waals surface area contributed by atoms with E-state index in [-0.39, 0.29) is 17.1 Å². The van der Waals surface area contributed by atoms with Gasteiger partial charge in [0.15, 0.2) is 0 Å². The zero-order valence-electron chi connectivity index (χ0n) is 13.9. The molecule has 0 aliphatic carbocycles. The Morgan fingerprint density at radius 2 is 2.09 bits per heavy atom. The van der Waals surface area contributed by atoms with Crippen LogP contribution in [-0.4, -0.2) is 62.7 Å². The molecule has 126 valence electrons. The highest BCUT2D eigenvalue weighted by Gasteiger charge is 2.50. The molecule has 2 atom stereocenters. The number of rotatable bonds is 4. The van der Waals surface area contributed by atoms with Crippen LogP contribution < -0.4 is 0 Å². The van der Waals surface area contributed by atoms with Gasteiger partial charge in [-0.15, -0.1) is 0 Å². The molecule has 2 aliphatic rings. The Hall–Kier alpha value is -1.46. The smallest absolute Gasteiger partial charge is 0.227 e. The zero-order valence-corrected chi connectivity index (χ0v) is 13.9. The van der Waals surface area contributed by atoms with Gasteiger partial charge >= 0.3 is 0 Å². The van der Waals surface area contributed by atoms with E-state index in [1.807, 2.05) is 4.90 Å². The summed E-state index contributed by atoms with van der Waals surface area (Å²) in [7, 11) is 3.89. The lowest BCUT2D eigenvalue weighted by molar-refractivity contribution is -0.130. The Morgan fingerprint density at radius 3 is 2.78 bits per heavy atom. The predicted octanol–water partition coefficient (Wildman–Crippen LogP) is 1.79. The summed E-state index contributed by atoms with van der Waals surface area (Å²) in [6, 6.07) is 6.20. The van der Waals surface area contributed by atoms with Crippen molar-refractivity contribution in [2.24, 2.45) is 11.3 Å². The molecule has 2 heterocycles. The lowest BCUT2D eigenvalue weighted by Gasteiger charge is -2.30. The highest BCUT2D eigenvalue weighted by Crippen LogP contribution is 2.43. The van der Waals surface area contributed by atoms with Gasteiger partial charge in [0.1, 0.15) is 5.82 Å². The highest BCUT2D eigenvalue weighted by molar-refractivity contribution is 5.79. The van der Waals surface area contributed by atoms with E-state index in [4.69, 9.17) is 4.74 Å². The molecule has 2 aliphatic heterocycles. The third-order valence-corrected chi connectivity index (χ3v) is 5.36. The van der Waals surface area contributed by atoms with E-state index in [0.717, 1.165) is 44.8 Å². The van der Waals surface area contributed by atoms with E-state index in [0.29, 0.717) is 12.3 Å². The topological polar surface area (TPSA) is 32.8 Å². The van der Waals surface area contributed by atoms with Crippen LogP contribution in [0, 0.1) is 17.2 Å². The summed E-state index contributed by atoms with van der Waals surface area (Å²) < 4.78 is 18.4. The number of methoxy groups -OCH3 is 1. The van der Waals surface area contributed by atoms with E-state index in [1.165, 1.54) is 12.1 Å². The molecular weight excluding hydrogens is 295 g/mol. The molecule has 0 aromatic heterocycles. The van der Waals surface area contributed by atoms with Gasteiger partial charge in [0.2, 0.25) is 5.91 Å². The van der Waals surface area contributed by atoms with Gasteiger partial charge in [-0.1, -0.05) is 12.1 Å². The second-order valence-corrected chi connectivity index (χ2v) is 7.08. The summed E-state index contributed by atoms with van der Waals surface area (Å²) in [4.78, 5) is 16.9. The first-order valence-corrected chi connectivity index (χ1v) is 8.22. The standard InChI is InChI=1S/C18H25FN2O2/c1-20-10-15(11-23-2)18(12-20)7-8-21(13-18)17(22)9-14-3-5-16(19)6-4-14/h3-6,15H,7-13H2,1-2H3/t15-,18-/m0/s1. The summed E-state index contributed by atoms with van der Waals surface area (Å²) >= 11 is 0. The minimum atomic E-state index is -0.266. The molecular formula is C18H25FN2O2. The first-order valence-electron chi connectivity index (χ1n) is 8.22. The Morgan fingerprint density at radius 1 is 1.35 bits per heavy atom. The van der Waals surface area contributed by atoms with Gasteiger partial charge in [0.25, 0.3) is 0 Å². The number of benzene rings is 1. The van der Waals surface area contributed by atoms with Gasteiger partial charge in [0.05, 0.1) is 13.0 Å². The number of hydrogen-bond acceptors (Lipinski definition) is 3. The van der Waals surface area contributed by atoms with Crippen molar-refractivity contribution >= 4 is 5.91 Å². The van der Waals surface area contributed by atoms with E-state index >= 15 is 0 Å². The maximum absolute atomic E-state index is 13.0. The van der Waals surface area contributed by atoms with Crippen LogP contribution in [0.4, 0.5) is 4.39 Å². The van der Waals surface area contributed by atoms with Crippen LogP contribution in [0.3, 0.4) is 0 Å². The molecule has 0 N–H and O–H groups in total. The summed E-state index contributed by atoms with van der Waals surface area (Å²) in [5.74, 6) is 0.359. The maximum Gasteiger partial charge on any atom is 0.227 e. The van der Waals surface area contributed by atoms with Crippen molar-refractivity contribution in [1.29, 1.82) is 0 Å². The Balaban J connectivity index is 1.64. The number of hydrogen-bond donors (Lipinski definition) is 0. The lowest BCUT2D eigenvalue weighted by Crippen LogP contribution is -2.38. The SMILES string of the molecule is COC[C@@H]1CN(C)C[C@]12CCN(C(=O)Cc1ccc(F)cc1)C2. The van der Waals surface area contributed by atoms with Crippen molar-refractivity contribution in [3.63, 3.8) is 0 Å². The number of carbonyl (C=O) groups is 1.